The van der Waals surface area contributed by atoms with Crippen LogP contribution in [0.4, 0.5) is 13.2 Å². The van der Waals surface area contributed by atoms with Gasteiger partial charge >= 0.3 is 6.18 Å². The van der Waals surface area contributed by atoms with Crippen LogP contribution in [-0.4, -0.2) is 56.6 Å². The number of benzene rings is 1. The molecule has 0 aliphatic heterocycles. The molecule has 0 radical (unpaired) electrons. The van der Waals surface area contributed by atoms with Gasteiger partial charge in [-0.15, -0.1) is 24.0 Å². The Morgan fingerprint density at radius 1 is 1.18 bits per heavy atom. The minimum atomic E-state index is -4.38. The first-order valence-electron chi connectivity index (χ1n) is 8.94. The van der Waals surface area contributed by atoms with Gasteiger partial charge in [0.05, 0.1) is 12.1 Å². The van der Waals surface area contributed by atoms with Crippen LogP contribution < -0.4 is 15.4 Å². The van der Waals surface area contributed by atoms with Crippen molar-refractivity contribution in [2.75, 3.05) is 39.5 Å². The van der Waals surface area contributed by atoms with E-state index in [1.54, 1.807) is 0 Å². The predicted molar refractivity (Wildman–Crippen MR) is 113 cm³/mol. The van der Waals surface area contributed by atoms with E-state index in [2.05, 4.69) is 15.6 Å². The normalized spacial score (nSPS) is 12.9. The van der Waals surface area contributed by atoms with Gasteiger partial charge in [-0.25, -0.2) is 0 Å². The maximum absolute atomic E-state index is 12.5. The van der Waals surface area contributed by atoms with E-state index in [1.165, 1.54) is 12.1 Å². The summed E-state index contributed by atoms with van der Waals surface area (Å²) >= 11 is 0. The molecule has 0 heterocycles. The molecule has 0 amide bonds. The lowest BCUT2D eigenvalue weighted by Crippen LogP contribution is -2.39. The van der Waals surface area contributed by atoms with Crippen LogP contribution in [0.2, 0.25) is 0 Å². The van der Waals surface area contributed by atoms with Gasteiger partial charge in [-0.3, -0.25) is 4.99 Å². The maximum atomic E-state index is 12.5. The van der Waals surface area contributed by atoms with Gasteiger partial charge in [-0.05, 0) is 44.5 Å². The lowest BCUT2D eigenvalue weighted by molar-refractivity contribution is -0.137. The molecule has 1 aromatic rings. The Morgan fingerprint density at radius 2 is 1.86 bits per heavy atom. The minimum absolute atomic E-state index is 0. The third-order valence-corrected chi connectivity index (χ3v) is 3.39. The standard InChI is InChI=1S/C18H28F3N3O3.HI/c1-3-22-17(23-10-5-11-26-4-2)24-12-15(25)13-27-16-8-6-14(7-9-16)18(19,20)21;/h6-9,15,25H,3-5,10-13H2,1-2H3,(H2,22,23,24);1H. The van der Waals surface area contributed by atoms with Crippen LogP contribution in [0.1, 0.15) is 25.8 Å². The zero-order valence-corrected chi connectivity index (χ0v) is 18.4. The molecule has 0 fully saturated rings. The number of alkyl halides is 3. The molecule has 10 heteroatoms. The molecule has 0 saturated heterocycles. The third kappa shape index (κ3) is 11.5. The number of ether oxygens (including phenoxy) is 2. The quantitative estimate of drug-likeness (QED) is 0.182. The van der Waals surface area contributed by atoms with E-state index in [-0.39, 0.29) is 42.9 Å². The zero-order valence-electron chi connectivity index (χ0n) is 16.1. The van der Waals surface area contributed by atoms with Gasteiger partial charge in [0.1, 0.15) is 18.5 Å². The smallest absolute Gasteiger partial charge is 0.416 e. The Labute approximate surface area is 180 Å². The van der Waals surface area contributed by atoms with Crippen LogP contribution in [0.5, 0.6) is 5.75 Å². The Kier molecular flexibility index (Phi) is 14.0. The molecule has 1 aromatic carbocycles. The number of nitrogens with one attached hydrogen (secondary N) is 2. The number of halogens is 4. The summed E-state index contributed by atoms with van der Waals surface area (Å²) in [6.45, 7) is 6.60. The highest BCUT2D eigenvalue weighted by molar-refractivity contribution is 14.0. The summed E-state index contributed by atoms with van der Waals surface area (Å²) in [6.07, 6.45) is -4.44. The fourth-order valence-corrected chi connectivity index (χ4v) is 2.05. The molecular weight excluding hydrogens is 490 g/mol. The number of hydrogen-bond donors (Lipinski definition) is 3. The Balaban J connectivity index is 0.00000729. The van der Waals surface area contributed by atoms with Crippen LogP contribution in [-0.2, 0) is 10.9 Å². The number of rotatable bonds is 11. The van der Waals surface area contributed by atoms with Gasteiger partial charge in [0.2, 0.25) is 0 Å². The summed E-state index contributed by atoms with van der Waals surface area (Å²) in [6, 6.07) is 4.33. The Morgan fingerprint density at radius 3 is 2.43 bits per heavy atom. The predicted octanol–water partition coefficient (Wildman–Crippen LogP) is 3.04. The van der Waals surface area contributed by atoms with Crippen molar-refractivity contribution in [1.82, 2.24) is 10.6 Å². The Bertz CT molecular complexity index is 557. The van der Waals surface area contributed by atoms with Crippen LogP contribution in [0.15, 0.2) is 29.3 Å². The lowest BCUT2D eigenvalue weighted by atomic mass is 10.2. The number of guanidine groups is 1. The molecule has 0 spiro atoms. The number of hydrogen-bond acceptors (Lipinski definition) is 4. The van der Waals surface area contributed by atoms with E-state index >= 15 is 0 Å². The van der Waals surface area contributed by atoms with Crippen molar-refractivity contribution in [3.05, 3.63) is 29.8 Å². The fourth-order valence-electron chi connectivity index (χ4n) is 2.05. The summed E-state index contributed by atoms with van der Waals surface area (Å²) in [5.74, 6) is 0.828. The van der Waals surface area contributed by atoms with Crippen molar-refractivity contribution in [1.29, 1.82) is 0 Å². The van der Waals surface area contributed by atoms with Crippen LogP contribution in [0.25, 0.3) is 0 Å². The van der Waals surface area contributed by atoms with Gasteiger partial charge in [-0.1, -0.05) is 0 Å². The first-order chi connectivity index (χ1) is 12.9. The van der Waals surface area contributed by atoms with E-state index in [0.717, 1.165) is 18.6 Å². The van der Waals surface area contributed by atoms with Crippen molar-refractivity contribution in [2.45, 2.75) is 32.5 Å². The lowest BCUT2D eigenvalue weighted by Gasteiger charge is -2.14. The molecule has 0 aliphatic rings. The second kappa shape index (κ2) is 14.7. The van der Waals surface area contributed by atoms with Gasteiger partial charge in [0.15, 0.2) is 5.96 Å². The first kappa shape index (κ1) is 26.7. The molecule has 0 saturated carbocycles. The molecular formula is C18H29F3IN3O3. The van der Waals surface area contributed by atoms with E-state index in [1.807, 2.05) is 13.8 Å². The highest BCUT2D eigenvalue weighted by atomic mass is 127. The van der Waals surface area contributed by atoms with Gasteiger partial charge < -0.3 is 25.2 Å². The van der Waals surface area contributed by atoms with E-state index in [0.29, 0.717) is 32.3 Å². The summed E-state index contributed by atoms with van der Waals surface area (Å²) in [5.41, 5.74) is -0.745. The van der Waals surface area contributed by atoms with Crippen LogP contribution >= 0.6 is 24.0 Å². The summed E-state index contributed by atoms with van der Waals surface area (Å²) in [7, 11) is 0. The maximum Gasteiger partial charge on any atom is 0.416 e. The minimum Gasteiger partial charge on any atom is -0.491 e. The highest BCUT2D eigenvalue weighted by Crippen LogP contribution is 2.30. The summed E-state index contributed by atoms with van der Waals surface area (Å²) in [5, 5.41) is 16.2. The number of aliphatic hydroxyl groups excluding tert-OH is 1. The topological polar surface area (TPSA) is 75.1 Å². The third-order valence-electron chi connectivity index (χ3n) is 3.39. The van der Waals surface area contributed by atoms with Crippen molar-refractivity contribution < 1.29 is 27.8 Å². The van der Waals surface area contributed by atoms with Crippen molar-refractivity contribution >= 4 is 29.9 Å². The highest BCUT2D eigenvalue weighted by Gasteiger charge is 2.30. The SMILES string of the molecule is CCNC(=NCC(O)COc1ccc(C(F)(F)F)cc1)NCCCOCC.I. The van der Waals surface area contributed by atoms with Crippen LogP contribution in [0.3, 0.4) is 0 Å². The van der Waals surface area contributed by atoms with Gasteiger partial charge in [-0.2, -0.15) is 13.2 Å². The molecule has 1 atom stereocenters. The summed E-state index contributed by atoms with van der Waals surface area (Å²) in [4.78, 5) is 4.26. The monoisotopic (exact) mass is 519 g/mol. The van der Waals surface area contributed by atoms with Crippen molar-refractivity contribution in [3.63, 3.8) is 0 Å². The van der Waals surface area contributed by atoms with E-state index in [4.69, 9.17) is 9.47 Å². The molecule has 0 aliphatic carbocycles. The average molecular weight is 519 g/mol. The average Bonchev–Trinajstić information content (AvgIpc) is 2.63. The molecule has 6 nitrogen and oxygen atoms in total. The zero-order chi connectivity index (χ0) is 20.1. The largest absolute Gasteiger partial charge is 0.491 e. The molecule has 1 unspecified atom stereocenters. The fraction of sp³-hybridized carbons (Fsp3) is 0.611. The number of aliphatic imine (C=N–C) groups is 1. The van der Waals surface area contributed by atoms with E-state index < -0.39 is 17.8 Å². The molecule has 0 aromatic heterocycles. The molecule has 3 N–H and O–H groups in total. The second-order valence-corrected chi connectivity index (χ2v) is 5.68. The van der Waals surface area contributed by atoms with Crippen molar-refractivity contribution in [3.8, 4) is 5.75 Å². The molecule has 162 valence electrons. The first-order valence-corrected chi connectivity index (χ1v) is 8.94. The molecule has 28 heavy (non-hydrogen) atoms. The number of nitrogens with zero attached hydrogens (tertiary/aromatic N) is 1. The van der Waals surface area contributed by atoms with E-state index in [9.17, 15) is 18.3 Å². The van der Waals surface area contributed by atoms with Crippen molar-refractivity contribution in [2.24, 2.45) is 4.99 Å². The second-order valence-electron chi connectivity index (χ2n) is 5.68. The van der Waals surface area contributed by atoms with Gasteiger partial charge in [0.25, 0.3) is 0 Å². The molecule has 1 rings (SSSR count). The Hall–Kier alpha value is -1.27. The van der Waals surface area contributed by atoms with Crippen LogP contribution in [0, 0.1) is 0 Å². The molecule has 0 bridgehead atoms. The number of aliphatic hydroxyl groups is 1. The summed E-state index contributed by atoms with van der Waals surface area (Å²) < 4.78 is 48.1. The van der Waals surface area contributed by atoms with Gasteiger partial charge in [0, 0.05) is 26.3 Å².